The Morgan fingerprint density at radius 2 is 1.79 bits per heavy atom. The van der Waals surface area contributed by atoms with Crippen LogP contribution in [0.1, 0.15) is 5.56 Å². The number of nitrogens with zero attached hydrogens (tertiary/aromatic N) is 1. The first-order valence-corrected chi connectivity index (χ1v) is 5.58. The van der Waals surface area contributed by atoms with E-state index < -0.39 is 0 Å². The highest BCUT2D eigenvalue weighted by molar-refractivity contribution is 7.55. The predicted octanol–water partition coefficient (Wildman–Crippen LogP) is 2.02. The Bertz CT molecular complexity index is 394. The molecule has 2 rings (SSSR count). The minimum absolute atomic E-state index is 0.711. The zero-order valence-corrected chi connectivity index (χ0v) is 9.07. The molecule has 1 atom stereocenters. The van der Waals surface area contributed by atoms with E-state index in [1.54, 1.807) is 0 Å². The van der Waals surface area contributed by atoms with E-state index in [0.717, 1.165) is 0 Å². The Labute approximate surface area is 86.0 Å². The number of aromatic nitrogens is 1. The molecule has 0 N–H and O–H groups in total. The Morgan fingerprint density at radius 1 is 1.00 bits per heavy atom. The molecule has 1 nitrogen and oxygen atoms in total. The minimum Gasteiger partial charge on any atom is -0.264 e. The monoisotopic (exact) mass is 201 g/mol. The number of benzene rings is 1. The molecule has 0 aliphatic carbocycles. The van der Waals surface area contributed by atoms with E-state index in [2.05, 4.69) is 42.2 Å². The first-order chi connectivity index (χ1) is 6.84. The van der Waals surface area contributed by atoms with E-state index in [4.69, 9.17) is 0 Å². The molecule has 1 heterocycles. The van der Waals surface area contributed by atoms with Gasteiger partial charge in [-0.25, -0.2) is 0 Å². The fraction of sp³-hybridized carbons (Fsp3) is 0.0833. The van der Waals surface area contributed by atoms with Crippen molar-refractivity contribution in [3.8, 4) is 0 Å². The first kappa shape index (κ1) is 9.36. The van der Waals surface area contributed by atoms with E-state index in [9.17, 15) is 0 Å². The third kappa shape index (κ3) is 2.40. The predicted molar refractivity (Wildman–Crippen MR) is 63.0 cm³/mol. The van der Waals surface area contributed by atoms with Gasteiger partial charge in [0, 0.05) is 12.4 Å². The summed E-state index contributed by atoms with van der Waals surface area (Å²) in [7, 11) is 0.711. The lowest BCUT2D eigenvalue weighted by molar-refractivity contribution is 1.35. The second-order valence-electron chi connectivity index (χ2n) is 3.23. The molecule has 1 unspecified atom stereocenters. The molecule has 0 amide bonds. The number of hydrogen-bond acceptors (Lipinski definition) is 1. The summed E-state index contributed by atoms with van der Waals surface area (Å²) in [5.41, 5.74) is 1.31. The maximum Gasteiger partial charge on any atom is 0.0345 e. The molecule has 14 heavy (non-hydrogen) atoms. The largest absolute Gasteiger partial charge is 0.264 e. The van der Waals surface area contributed by atoms with Crippen LogP contribution in [-0.4, -0.2) is 4.98 Å². The van der Waals surface area contributed by atoms with E-state index in [1.165, 1.54) is 16.2 Å². The van der Waals surface area contributed by atoms with Gasteiger partial charge in [-0.2, -0.15) is 0 Å². The van der Waals surface area contributed by atoms with Crippen molar-refractivity contribution in [2.75, 3.05) is 0 Å². The molecule has 2 aromatic rings. The molecule has 1 aromatic heterocycles. The number of hydrogen-bond donors (Lipinski definition) is 0. The van der Waals surface area contributed by atoms with Crippen LogP contribution in [0.15, 0.2) is 48.8 Å². The van der Waals surface area contributed by atoms with Gasteiger partial charge >= 0.3 is 0 Å². The molecule has 0 aliphatic heterocycles. The molecule has 0 radical (unpaired) electrons. The van der Waals surface area contributed by atoms with Crippen LogP contribution < -0.4 is 10.6 Å². The third-order valence-corrected chi connectivity index (χ3v) is 3.21. The molecule has 0 saturated carbocycles. The quantitative estimate of drug-likeness (QED) is 0.677. The van der Waals surface area contributed by atoms with Gasteiger partial charge in [0.25, 0.3) is 0 Å². The topological polar surface area (TPSA) is 12.9 Å². The van der Waals surface area contributed by atoms with Crippen molar-refractivity contribution in [1.82, 2.24) is 4.98 Å². The Kier molecular flexibility index (Phi) is 2.90. The van der Waals surface area contributed by atoms with Crippen LogP contribution in [0.3, 0.4) is 0 Å². The van der Waals surface area contributed by atoms with Gasteiger partial charge in [-0.1, -0.05) is 44.5 Å². The summed E-state index contributed by atoms with van der Waals surface area (Å²) in [5, 5.41) is 2.65. The fourth-order valence-electron chi connectivity index (χ4n) is 1.24. The molecular formula is C12H12NP. The second kappa shape index (κ2) is 4.34. The summed E-state index contributed by atoms with van der Waals surface area (Å²) >= 11 is 0. The number of aryl methyl sites for hydroxylation is 1. The van der Waals surface area contributed by atoms with Crippen LogP contribution in [0.4, 0.5) is 0 Å². The normalized spacial score (nSPS) is 10.9. The van der Waals surface area contributed by atoms with Gasteiger partial charge < -0.3 is 0 Å². The highest BCUT2D eigenvalue weighted by atomic mass is 31.1. The molecular weight excluding hydrogens is 189 g/mol. The molecule has 0 saturated heterocycles. The van der Waals surface area contributed by atoms with Gasteiger partial charge in [-0.15, -0.1) is 0 Å². The lowest BCUT2D eigenvalue weighted by atomic mass is 10.2. The summed E-state index contributed by atoms with van der Waals surface area (Å²) in [6, 6.07) is 12.8. The van der Waals surface area contributed by atoms with Crippen LogP contribution in [0.25, 0.3) is 0 Å². The van der Waals surface area contributed by atoms with E-state index >= 15 is 0 Å². The molecule has 0 aliphatic rings. The summed E-state index contributed by atoms with van der Waals surface area (Å²) in [6.45, 7) is 2.11. The lowest BCUT2D eigenvalue weighted by Gasteiger charge is -2.01. The smallest absolute Gasteiger partial charge is 0.0345 e. The summed E-state index contributed by atoms with van der Waals surface area (Å²) in [4.78, 5) is 4.11. The minimum atomic E-state index is 0.711. The molecule has 0 bridgehead atoms. The van der Waals surface area contributed by atoms with Gasteiger partial charge in [0.2, 0.25) is 0 Å². The number of rotatable bonds is 2. The van der Waals surface area contributed by atoms with Crippen LogP contribution in [0.5, 0.6) is 0 Å². The van der Waals surface area contributed by atoms with Gasteiger partial charge in [0.15, 0.2) is 0 Å². The van der Waals surface area contributed by atoms with Gasteiger partial charge in [0.05, 0.1) is 0 Å². The van der Waals surface area contributed by atoms with Crippen LogP contribution in [-0.2, 0) is 0 Å². The molecule has 2 heteroatoms. The first-order valence-electron chi connectivity index (χ1n) is 4.58. The Hall–Kier alpha value is -1.20. The third-order valence-electron chi connectivity index (χ3n) is 2.00. The average molecular weight is 201 g/mol. The molecule has 0 spiro atoms. The zero-order chi connectivity index (χ0) is 9.80. The van der Waals surface area contributed by atoms with E-state index in [0.29, 0.717) is 8.58 Å². The van der Waals surface area contributed by atoms with Crippen LogP contribution in [0.2, 0.25) is 0 Å². The summed E-state index contributed by atoms with van der Waals surface area (Å²) in [6.07, 6.45) is 3.74. The second-order valence-corrected chi connectivity index (χ2v) is 4.64. The van der Waals surface area contributed by atoms with Gasteiger partial charge in [-0.05, 0) is 23.6 Å². The maximum absolute atomic E-state index is 4.11. The van der Waals surface area contributed by atoms with Gasteiger partial charge in [0.1, 0.15) is 0 Å². The van der Waals surface area contributed by atoms with Crippen molar-refractivity contribution in [2.24, 2.45) is 0 Å². The highest BCUT2D eigenvalue weighted by Gasteiger charge is 1.94. The molecule has 70 valence electrons. The van der Waals surface area contributed by atoms with Crippen molar-refractivity contribution in [2.45, 2.75) is 6.92 Å². The zero-order valence-electron chi connectivity index (χ0n) is 8.07. The molecule has 0 fully saturated rings. The number of pyridine rings is 1. The van der Waals surface area contributed by atoms with E-state index in [-0.39, 0.29) is 0 Å². The van der Waals surface area contributed by atoms with Crippen molar-refractivity contribution < 1.29 is 0 Å². The van der Waals surface area contributed by atoms with Gasteiger partial charge in [-0.3, -0.25) is 4.98 Å². The van der Waals surface area contributed by atoms with Crippen molar-refractivity contribution in [3.05, 3.63) is 54.4 Å². The summed E-state index contributed by atoms with van der Waals surface area (Å²) < 4.78 is 0. The highest BCUT2D eigenvalue weighted by Crippen LogP contribution is 2.09. The summed E-state index contributed by atoms with van der Waals surface area (Å²) in [5.74, 6) is 0. The van der Waals surface area contributed by atoms with Crippen molar-refractivity contribution >= 4 is 19.2 Å². The van der Waals surface area contributed by atoms with Crippen LogP contribution >= 0.6 is 8.58 Å². The maximum atomic E-state index is 4.11. The Morgan fingerprint density at radius 3 is 2.43 bits per heavy atom. The lowest BCUT2D eigenvalue weighted by Crippen LogP contribution is -2.03. The van der Waals surface area contributed by atoms with E-state index in [1.807, 2.05) is 18.5 Å². The van der Waals surface area contributed by atoms with Crippen molar-refractivity contribution in [1.29, 1.82) is 0 Å². The Balaban J connectivity index is 2.16. The van der Waals surface area contributed by atoms with Crippen molar-refractivity contribution in [3.63, 3.8) is 0 Å². The SMILES string of the molecule is Cc1ccc(Pc2cccnc2)cc1. The molecule has 1 aromatic carbocycles. The standard InChI is InChI=1S/C12H12NP/c1-10-4-6-11(7-5-10)14-12-3-2-8-13-9-12/h2-9,14H,1H3. The van der Waals surface area contributed by atoms with Crippen LogP contribution in [0, 0.1) is 6.92 Å². The fourth-order valence-corrected chi connectivity index (χ4v) is 2.23. The average Bonchev–Trinajstić information content (AvgIpc) is 2.23.